The van der Waals surface area contributed by atoms with Gasteiger partial charge < -0.3 is 10.6 Å². The minimum Gasteiger partial charge on any atom is -0.347 e. The number of nitrogens with one attached hydrogen (secondary N) is 2. The van der Waals surface area contributed by atoms with Crippen molar-refractivity contribution in [1.29, 1.82) is 0 Å². The summed E-state index contributed by atoms with van der Waals surface area (Å²) in [5.74, 6) is -5.68. The van der Waals surface area contributed by atoms with Crippen LogP contribution in [0, 0.1) is 17.5 Å². The Morgan fingerprint density at radius 3 is 2.41 bits per heavy atom. The van der Waals surface area contributed by atoms with Gasteiger partial charge in [-0.3, -0.25) is 9.59 Å². The van der Waals surface area contributed by atoms with Crippen molar-refractivity contribution < 1.29 is 22.8 Å². The third-order valence-electron chi connectivity index (χ3n) is 1.81. The minimum absolute atomic E-state index is 0.381. The Labute approximate surface area is 94.8 Å². The zero-order valence-corrected chi connectivity index (χ0v) is 8.81. The molecule has 92 valence electrons. The van der Waals surface area contributed by atoms with E-state index in [1.165, 1.54) is 6.92 Å². The molecule has 2 amide bonds. The fourth-order valence-electron chi connectivity index (χ4n) is 1.02. The molecule has 0 unspecified atom stereocenters. The molecule has 0 aromatic heterocycles. The quantitative estimate of drug-likeness (QED) is 0.787. The van der Waals surface area contributed by atoms with Gasteiger partial charge in [0.2, 0.25) is 11.8 Å². The third kappa shape index (κ3) is 3.47. The number of rotatable bonds is 3. The maximum Gasteiger partial charge on any atom is 0.243 e. The first-order valence-corrected chi connectivity index (χ1v) is 4.59. The highest BCUT2D eigenvalue weighted by atomic mass is 19.2. The Balaban J connectivity index is 2.72. The molecule has 0 aliphatic heterocycles. The maximum atomic E-state index is 13.1. The van der Waals surface area contributed by atoms with Gasteiger partial charge in [0, 0.05) is 6.92 Å². The summed E-state index contributed by atoms with van der Waals surface area (Å²) in [7, 11) is 0. The highest BCUT2D eigenvalue weighted by Gasteiger charge is 2.14. The molecule has 0 atom stereocenters. The third-order valence-corrected chi connectivity index (χ3v) is 1.81. The van der Waals surface area contributed by atoms with E-state index < -0.39 is 35.0 Å². The average molecular weight is 246 g/mol. The molecule has 4 nitrogen and oxygen atoms in total. The average Bonchev–Trinajstić information content (AvgIpc) is 2.27. The standard InChI is InChI=1S/C10H9F3N2O2/c1-5(16)14-4-8(17)15-7-3-2-6(11)9(12)10(7)13/h2-3H,4H2,1H3,(H,14,16)(H,15,17). The lowest BCUT2D eigenvalue weighted by molar-refractivity contribution is -0.122. The number of anilines is 1. The highest BCUT2D eigenvalue weighted by molar-refractivity contribution is 5.94. The predicted octanol–water partition coefficient (Wildman–Crippen LogP) is 1.18. The van der Waals surface area contributed by atoms with Crippen LogP contribution in [0.3, 0.4) is 0 Å². The van der Waals surface area contributed by atoms with E-state index in [1.807, 2.05) is 5.32 Å². The Bertz CT molecular complexity index is 463. The summed E-state index contributed by atoms with van der Waals surface area (Å²) in [6, 6.07) is 1.58. The van der Waals surface area contributed by atoms with Gasteiger partial charge in [0.05, 0.1) is 12.2 Å². The summed E-state index contributed by atoms with van der Waals surface area (Å²) in [6.07, 6.45) is 0. The van der Waals surface area contributed by atoms with Crippen LogP contribution in [0.2, 0.25) is 0 Å². The van der Waals surface area contributed by atoms with Crippen molar-refractivity contribution in [2.75, 3.05) is 11.9 Å². The summed E-state index contributed by atoms with van der Waals surface area (Å²) in [6.45, 7) is 0.819. The molecule has 17 heavy (non-hydrogen) atoms. The molecule has 0 spiro atoms. The highest BCUT2D eigenvalue weighted by Crippen LogP contribution is 2.19. The van der Waals surface area contributed by atoms with Crippen molar-refractivity contribution in [2.45, 2.75) is 6.92 Å². The number of carbonyl (C=O) groups excluding carboxylic acids is 2. The van der Waals surface area contributed by atoms with Gasteiger partial charge in [0.25, 0.3) is 0 Å². The van der Waals surface area contributed by atoms with Crippen molar-refractivity contribution in [3.05, 3.63) is 29.6 Å². The Morgan fingerprint density at radius 1 is 1.18 bits per heavy atom. The molecule has 2 N–H and O–H groups in total. The van der Waals surface area contributed by atoms with Crippen LogP contribution in [0.4, 0.5) is 18.9 Å². The second kappa shape index (κ2) is 5.33. The summed E-state index contributed by atoms with van der Waals surface area (Å²) in [4.78, 5) is 21.6. The van der Waals surface area contributed by atoms with Gasteiger partial charge in [0.15, 0.2) is 17.5 Å². The molecule has 0 radical (unpaired) electrons. The van der Waals surface area contributed by atoms with Gasteiger partial charge >= 0.3 is 0 Å². The molecular formula is C10H9F3N2O2. The number of hydrogen-bond donors (Lipinski definition) is 2. The van der Waals surface area contributed by atoms with Crippen LogP contribution in [-0.4, -0.2) is 18.4 Å². The summed E-state index contributed by atoms with van der Waals surface area (Å²) >= 11 is 0. The number of carbonyl (C=O) groups is 2. The molecule has 0 saturated carbocycles. The summed E-state index contributed by atoms with van der Waals surface area (Å²) in [5, 5.41) is 4.17. The minimum atomic E-state index is -1.66. The molecular weight excluding hydrogens is 237 g/mol. The Kier molecular flexibility index (Phi) is 4.08. The van der Waals surface area contributed by atoms with Crippen LogP contribution in [0.5, 0.6) is 0 Å². The maximum absolute atomic E-state index is 13.1. The van der Waals surface area contributed by atoms with Crippen LogP contribution < -0.4 is 10.6 Å². The van der Waals surface area contributed by atoms with Crippen molar-refractivity contribution in [2.24, 2.45) is 0 Å². The largest absolute Gasteiger partial charge is 0.347 e. The molecule has 0 aliphatic rings. The van der Waals surface area contributed by atoms with E-state index in [4.69, 9.17) is 0 Å². The molecule has 0 saturated heterocycles. The summed E-state index contributed by atoms with van der Waals surface area (Å²) in [5.41, 5.74) is -0.487. The van der Waals surface area contributed by atoms with Crippen LogP contribution in [0.25, 0.3) is 0 Å². The second-order valence-corrected chi connectivity index (χ2v) is 3.18. The van der Waals surface area contributed by atoms with Gasteiger partial charge in [-0.15, -0.1) is 0 Å². The number of benzene rings is 1. The van der Waals surface area contributed by atoms with Crippen molar-refractivity contribution in [1.82, 2.24) is 5.32 Å². The first-order chi connectivity index (χ1) is 7.91. The van der Waals surface area contributed by atoms with E-state index in [2.05, 4.69) is 5.32 Å². The Morgan fingerprint density at radius 2 is 1.82 bits per heavy atom. The van der Waals surface area contributed by atoms with Crippen molar-refractivity contribution in [3.63, 3.8) is 0 Å². The van der Waals surface area contributed by atoms with Crippen LogP contribution in [0.1, 0.15) is 6.92 Å². The zero-order chi connectivity index (χ0) is 13.0. The van der Waals surface area contributed by atoms with Gasteiger partial charge in [-0.2, -0.15) is 0 Å². The van der Waals surface area contributed by atoms with E-state index in [0.717, 1.165) is 6.07 Å². The van der Waals surface area contributed by atoms with E-state index in [-0.39, 0.29) is 6.54 Å². The van der Waals surface area contributed by atoms with Crippen molar-refractivity contribution in [3.8, 4) is 0 Å². The molecule has 1 rings (SSSR count). The second-order valence-electron chi connectivity index (χ2n) is 3.18. The smallest absolute Gasteiger partial charge is 0.243 e. The van der Waals surface area contributed by atoms with Crippen LogP contribution >= 0.6 is 0 Å². The molecule has 0 bridgehead atoms. The van der Waals surface area contributed by atoms with E-state index in [1.54, 1.807) is 0 Å². The van der Waals surface area contributed by atoms with Gasteiger partial charge in [-0.1, -0.05) is 0 Å². The van der Waals surface area contributed by atoms with Gasteiger partial charge in [0.1, 0.15) is 0 Å². The van der Waals surface area contributed by atoms with Crippen molar-refractivity contribution >= 4 is 17.5 Å². The predicted molar refractivity (Wildman–Crippen MR) is 53.6 cm³/mol. The lowest BCUT2D eigenvalue weighted by atomic mass is 10.2. The van der Waals surface area contributed by atoms with Crippen LogP contribution in [-0.2, 0) is 9.59 Å². The lowest BCUT2D eigenvalue weighted by Crippen LogP contribution is -2.31. The Hall–Kier alpha value is -2.05. The van der Waals surface area contributed by atoms with Gasteiger partial charge in [-0.05, 0) is 12.1 Å². The molecule has 0 heterocycles. The molecule has 1 aromatic rings. The monoisotopic (exact) mass is 246 g/mol. The number of halogens is 3. The topological polar surface area (TPSA) is 58.2 Å². The lowest BCUT2D eigenvalue weighted by Gasteiger charge is -2.07. The van der Waals surface area contributed by atoms with Gasteiger partial charge in [-0.25, -0.2) is 13.2 Å². The van der Waals surface area contributed by atoms with E-state index in [9.17, 15) is 22.8 Å². The molecule has 0 fully saturated rings. The molecule has 1 aromatic carbocycles. The SMILES string of the molecule is CC(=O)NCC(=O)Nc1ccc(F)c(F)c1F. The van der Waals surface area contributed by atoms with E-state index in [0.29, 0.717) is 6.07 Å². The fraction of sp³-hybridized carbons (Fsp3) is 0.200. The number of hydrogen-bond acceptors (Lipinski definition) is 2. The first-order valence-electron chi connectivity index (χ1n) is 4.59. The normalized spacial score (nSPS) is 9.88. The first kappa shape index (κ1) is 13.0. The van der Waals surface area contributed by atoms with Crippen LogP contribution in [0.15, 0.2) is 12.1 Å². The summed E-state index contributed by atoms with van der Waals surface area (Å²) < 4.78 is 38.5. The molecule has 7 heteroatoms. The molecule has 0 aliphatic carbocycles. The fourth-order valence-corrected chi connectivity index (χ4v) is 1.02. The number of amides is 2. The zero-order valence-electron chi connectivity index (χ0n) is 8.81. The van der Waals surface area contributed by atoms with E-state index >= 15 is 0 Å².